The van der Waals surface area contributed by atoms with Gasteiger partial charge in [0.15, 0.2) is 0 Å². The van der Waals surface area contributed by atoms with Crippen LogP contribution in [0.5, 0.6) is 0 Å². The molecule has 0 fully saturated rings. The molecule has 0 nitrogen and oxygen atoms in total. The molecule has 0 amide bonds. The summed E-state index contributed by atoms with van der Waals surface area (Å²) < 4.78 is 1.54. The molecule has 0 unspecified atom stereocenters. The molecule has 0 radical (unpaired) electrons. The first-order valence-electron chi connectivity index (χ1n) is 3.99. The van der Waals surface area contributed by atoms with Crippen molar-refractivity contribution in [3.8, 4) is 0 Å². The van der Waals surface area contributed by atoms with E-state index in [1.165, 1.54) is 15.3 Å². The molecule has 1 heteroatoms. The Morgan fingerprint density at radius 3 is 2.55 bits per heavy atom. The maximum atomic E-state index is 3.73. The second-order valence-electron chi connectivity index (χ2n) is 2.81. The largest absolute Gasteiger partial charge is 0.286 e. The maximum Gasteiger partial charge on any atom is 0.286 e. The van der Waals surface area contributed by atoms with Gasteiger partial charge >= 0.3 is 0 Å². The second kappa shape index (κ2) is 4.39. The van der Waals surface area contributed by atoms with E-state index in [1.54, 1.807) is 0 Å². The van der Waals surface area contributed by atoms with E-state index < -0.39 is 0 Å². The maximum absolute atomic E-state index is 3.73. The third-order valence-electron chi connectivity index (χ3n) is 1.76. The second-order valence-corrected chi connectivity index (χ2v) is 4.71. The van der Waals surface area contributed by atoms with Crippen LogP contribution in [0.25, 0.3) is 0 Å². The fourth-order valence-electron chi connectivity index (χ4n) is 1.02. The number of aryl methyl sites for hydroxylation is 1. The number of rotatable bonds is 3. The lowest BCUT2D eigenvalue weighted by Gasteiger charge is -1.95. The molecule has 0 aliphatic carbocycles. The molecule has 0 N–H and O–H groups in total. The van der Waals surface area contributed by atoms with Gasteiger partial charge in [0.05, 0.1) is 0 Å². The zero-order chi connectivity index (χ0) is 8.10. The first-order valence-corrected chi connectivity index (χ1v) is 5.70. The number of benzene rings is 1. The summed E-state index contributed by atoms with van der Waals surface area (Å²) in [5, 5.41) is 1.21. The van der Waals surface area contributed by atoms with Gasteiger partial charge in [-0.2, -0.15) is 0 Å². The van der Waals surface area contributed by atoms with Crippen LogP contribution in [0.1, 0.15) is 5.56 Å². The molecular weight excluding hydrogens is 147 g/mol. The highest BCUT2D eigenvalue weighted by Crippen LogP contribution is 1.92. The van der Waals surface area contributed by atoms with Crippen LogP contribution in [0.3, 0.4) is 0 Å². The van der Waals surface area contributed by atoms with E-state index in [-0.39, 0.29) is 15.2 Å². The van der Waals surface area contributed by atoms with Crippen molar-refractivity contribution in [1.82, 2.24) is 0 Å². The van der Waals surface area contributed by atoms with Gasteiger partial charge in [-0.25, -0.2) is 0 Å². The lowest BCUT2D eigenvalue weighted by atomic mass is 10.2. The summed E-state index contributed by atoms with van der Waals surface area (Å²) in [5.41, 5.74) is 1.35. The SMILES string of the molecule is C=C[CH2][AlH][c]1ccc(C)cc1. The average Bonchev–Trinajstić information content (AvgIpc) is 2.04. The summed E-state index contributed by atoms with van der Waals surface area (Å²) in [6, 6.07) is 8.85. The molecule has 0 spiro atoms. The van der Waals surface area contributed by atoms with Crippen molar-refractivity contribution in [2.24, 2.45) is 0 Å². The Morgan fingerprint density at radius 1 is 1.36 bits per heavy atom. The Kier molecular flexibility index (Phi) is 3.42. The van der Waals surface area contributed by atoms with Gasteiger partial charge in [-0.3, -0.25) is 0 Å². The molecule has 0 atom stereocenters. The Balaban J connectivity index is 2.58. The first kappa shape index (κ1) is 8.59. The van der Waals surface area contributed by atoms with Crippen LogP contribution in [-0.2, 0) is 0 Å². The van der Waals surface area contributed by atoms with E-state index >= 15 is 0 Å². The molecule has 11 heavy (non-hydrogen) atoms. The number of hydrogen-bond donors (Lipinski definition) is 0. The monoisotopic (exact) mass is 160 g/mol. The first-order chi connectivity index (χ1) is 5.33. The van der Waals surface area contributed by atoms with E-state index in [1.807, 2.05) is 6.08 Å². The van der Waals surface area contributed by atoms with Crippen LogP contribution < -0.4 is 4.43 Å². The van der Waals surface area contributed by atoms with Crippen molar-refractivity contribution in [3.05, 3.63) is 42.5 Å². The Hall–Kier alpha value is -0.508. The Labute approximate surface area is 74.7 Å². The third kappa shape index (κ3) is 2.93. The van der Waals surface area contributed by atoms with Crippen molar-refractivity contribution < 1.29 is 0 Å². The lowest BCUT2D eigenvalue weighted by Crippen LogP contribution is -2.11. The van der Waals surface area contributed by atoms with Gasteiger partial charge in [-0.1, -0.05) is 35.1 Å². The fourth-order valence-corrected chi connectivity index (χ4v) is 2.13. The van der Waals surface area contributed by atoms with Crippen molar-refractivity contribution in [2.45, 2.75) is 12.2 Å². The summed E-state index contributed by atoms with van der Waals surface area (Å²) in [5.74, 6) is 0. The van der Waals surface area contributed by atoms with Gasteiger partial charge in [0.25, 0.3) is 15.2 Å². The average molecular weight is 160 g/mol. The molecule has 0 bridgehead atoms. The molecule has 1 aromatic rings. The van der Waals surface area contributed by atoms with Gasteiger partial charge in [0.2, 0.25) is 0 Å². The summed E-state index contributed by atoms with van der Waals surface area (Å²) in [4.78, 5) is 0. The van der Waals surface area contributed by atoms with E-state index in [4.69, 9.17) is 0 Å². The number of hydrogen-bond acceptors (Lipinski definition) is 0. The van der Waals surface area contributed by atoms with Crippen LogP contribution in [-0.4, -0.2) is 15.2 Å². The van der Waals surface area contributed by atoms with Crippen molar-refractivity contribution in [1.29, 1.82) is 0 Å². The van der Waals surface area contributed by atoms with Gasteiger partial charge in [-0.15, -0.1) is 17.1 Å². The molecule has 0 aliphatic rings. The molecule has 0 aliphatic heterocycles. The van der Waals surface area contributed by atoms with Crippen molar-refractivity contribution >= 4 is 19.6 Å². The normalized spacial score (nSPS) is 9.18. The predicted molar refractivity (Wildman–Crippen MR) is 53.0 cm³/mol. The van der Waals surface area contributed by atoms with Gasteiger partial charge in [0.1, 0.15) is 0 Å². The molecule has 0 aromatic heterocycles. The molecule has 0 saturated carbocycles. The van der Waals surface area contributed by atoms with Gasteiger partial charge in [-0.05, 0) is 6.92 Å². The zero-order valence-electron chi connectivity index (χ0n) is 7.01. The van der Waals surface area contributed by atoms with Crippen LogP contribution in [0.15, 0.2) is 36.9 Å². The molecule has 1 rings (SSSR count). The summed E-state index contributed by atoms with van der Waals surface area (Å²) in [7, 11) is 0. The fraction of sp³-hybridized carbons (Fsp3) is 0.200. The molecule has 0 heterocycles. The molecular formula is C10H13Al. The van der Waals surface area contributed by atoms with E-state index in [9.17, 15) is 0 Å². The van der Waals surface area contributed by atoms with E-state index in [0.29, 0.717) is 0 Å². The van der Waals surface area contributed by atoms with Crippen LogP contribution in [0.2, 0.25) is 5.28 Å². The van der Waals surface area contributed by atoms with Gasteiger partial charge < -0.3 is 0 Å². The van der Waals surface area contributed by atoms with Crippen LogP contribution >= 0.6 is 0 Å². The molecule has 56 valence electrons. The zero-order valence-corrected chi connectivity index (χ0v) is 8.42. The van der Waals surface area contributed by atoms with Crippen molar-refractivity contribution in [2.75, 3.05) is 0 Å². The molecule has 0 saturated heterocycles. The predicted octanol–water partition coefficient (Wildman–Crippen LogP) is 1.66. The van der Waals surface area contributed by atoms with E-state index in [2.05, 4.69) is 37.8 Å². The summed E-state index contributed by atoms with van der Waals surface area (Å²) >= 11 is -0.0455. The lowest BCUT2D eigenvalue weighted by molar-refractivity contribution is 1.49. The quantitative estimate of drug-likeness (QED) is 0.466. The van der Waals surface area contributed by atoms with Crippen LogP contribution in [0.4, 0.5) is 0 Å². The van der Waals surface area contributed by atoms with E-state index in [0.717, 1.165) is 0 Å². The standard InChI is InChI=1S/C7H7.C3H5.Al.H/c1-7-5-3-2-4-6-7;1-3-2;;/h3-6H,1H3;3H,1-2H2;;. The Morgan fingerprint density at radius 2 is 2.00 bits per heavy atom. The van der Waals surface area contributed by atoms with Crippen LogP contribution in [0, 0.1) is 6.92 Å². The topological polar surface area (TPSA) is 0 Å². The molecule has 1 aromatic carbocycles. The summed E-state index contributed by atoms with van der Waals surface area (Å²) in [6.07, 6.45) is 2.02. The van der Waals surface area contributed by atoms with Gasteiger partial charge in [0, 0.05) is 0 Å². The third-order valence-corrected chi connectivity index (χ3v) is 3.50. The Bertz CT molecular complexity index is 223. The minimum Gasteiger partial charge on any atom is -0.115 e. The summed E-state index contributed by atoms with van der Waals surface area (Å²) in [6.45, 7) is 5.85. The minimum absolute atomic E-state index is 0.0455. The smallest absolute Gasteiger partial charge is 0.115 e. The highest BCUT2D eigenvalue weighted by Gasteiger charge is 1.93. The minimum atomic E-state index is -0.0455. The highest BCUT2D eigenvalue weighted by molar-refractivity contribution is 6.53. The highest BCUT2D eigenvalue weighted by atomic mass is 27.1. The number of allylic oxidation sites excluding steroid dienone is 1. The van der Waals surface area contributed by atoms with Crippen molar-refractivity contribution in [3.63, 3.8) is 0 Å².